The lowest BCUT2D eigenvalue weighted by Crippen LogP contribution is -2.40. The number of benzene rings is 1. The maximum atomic E-state index is 13.4. The molecular formula is C16H16FN5O3S. The van der Waals surface area contributed by atoms with Crippen LogP contribution < -0.4 is 9.62 Å². The van der Waals surface area contributed by atoms with Crippen molar-refractivity contribution in [2.45, 2.75) is 6.54 Å². The molecular weight excluding hydrogens is 361 g/mol. The van der Waals surface area contributed by atoms with E-state index < -0.39 is 28.3 Å². The Hall–Kier alpha value is -3.01. The molecule has 0 atom stereocenters. The van der Waals surface area contributed by atoms with Crippen molar-refractivity contribution < 1.29 is 17.6 Å². The van der Waals surface area contributed by atoms with Gasteiger partial charge in [0.25, 0.3) is 0 Å². The Kier molecular flexibility index (Phi) is 4.85. The number of carbonyl (C=O) groups is 1. The Morgan fingerprint density at radius 1 is 1.31 bits per heavy atom. The van der Waals surface area contributed by atoms with Gasteiger partial charge in [-0.05, 0) is 30.3 Å². The molecule has 0 aliphatic heterocycles. The van der Waals surface area contributed by atoms with E-state index in [9.17, 15) is 17.6 Å². The summed E-state index contributed by atoms with van der Waals surface area (Å²) in [4.78, 5) is 16.3. The van der Waals surface area contributed by atoms with E-state index in [-0.39, 0.29) is 12.2 Å². The monoisotopic (exact) mass is 377 g/mol. The lowest BCUT2D eigenvalue weighted by Gasteiger charge is -2.21. The van der Waals surface area contributed by atoms with Crippen LogP contribution in [0.15, 0.2) is 42.6 Å². The number of anilines is 1. The molecule has 0 fully saturated rings. The van der Waals surface area contributed by atoms with Gasteiger partial charge in [0.2, 0.25) is 15.9 Å². The number of carbonyl (C=O) groups excluding carboxylic acids is 1. The highest BCUT2D eigenvalue weighted by molar-refractivity contribution is 7.92. The van der Waals surface area contributed by atoms with Gasteiger partial charge in [0, 0.05) is 11.6 Å². The first-order chi connectivity index (χ1) is 12.3. The lowest BCUT2D eigenvalue weighted by atomic mass is 10.2. The van der Waals surface area contributed by atoms with Crippen LogP contribution in [0.25, 0.3) is 11.0 Å². The van der Waals surface area contributed by atoms with E-state index in [1.54, 1.807) is 12.3 Å². The summed E-state index contributed by atoms with van der Waals surface area (Å²) >= 11 is 0. The molecule has 3 rings (SSSR count). The van der Waals surface area contributed by atoms with Crippen LogP contribution in [-0.4, -0.2) is 42.3 Å². The van der Waals surface area contributed by atoms with Gasteiger partial charge in [-0.1, -0.05) is 6.07 Å². The number of H-pyrrole nitrogens is 1. The van der Waals surface area contributed by atoms with E-state index in [0.717, 1.165) is 22.0 Å². The number of aromatic amines is 1. The predicted molar refractivity (Wildman–Crippen MR) is 94.3 cm³/mol. The standard InChI is InChI=1S/C16H16FN5O3S/c1-26(24,25)22(12-5-2-4-11(17)8-12)10-15(23)19-9-14-13-6-3-7-18-16(13)21-20-14/h2-8H,9-10H2,1H3,(H,19,23)(H,18,20,21). The second-order valence-electron chi connectivity index (χ2n) is 5.60. The molecule has 1 amide bonds. The van der Waals surface area contributed by atoms with Crippen LogP contribution in [0.5, 0.6) is 0 Å². The zero-order valence-electron chi connectivity index (χ0n) is 13.8. The number of halogens is 1. The van der Waals surface area contributed by atoms with Gasteiger partial charge in [0.05, 0.1) is 24.2 Å². The minimum atomic E-state index is -3.76. The zero-order chi connectivity index (χ0) is 18.7. The van der Waals surface area contributed by atoms with Crippen LogP contribution in [0.3, 0.4) is 0 Å². The molecule has 0 aliphatic carbocycles. The largest absolute Gasteiger partial charge is 0.349 e. The van der Waals surface area contributed by atoms with Crippen molar-refractivity contribution in [3.63, 3.8) is 0 Å². The maximum absolute atomic E-state index is 13.4. The van der Waals surface area contributed by atoms with E-state index in [1.165, 1.54) is 18.2 Å². The molecule has 3 aromatic rings. The molecule has 0 radical (unpaired) electrons. The Balaban J connectivity index is 1.72. The van der Waals surface area contributed by atoms with E-state index >= 15 is 0 Å². The summed E-state index contributed by atoms with van der Waals surface area (Å²) in [6.45, 7) is -0.339. The van der Waals surface area contributed by atoms with Gasteiger partial charge >= 0.3 is 0 Å². The van der Waals surface area contributed by atoms with Crippen LogP contribution in [0.4, 0.5) is 10.1 Å². The van der Waals surface area contributed by atoms with Crippen molar-refractivity contribution in [3.05, 3.63) is 54.1 Å². The van der Waals surface area contributed by atoms with E-state index in [1.807, 2.05) is 6.07 Å². The molecule has 2 heterocycles. The number of sulfonamides is 1. The Morgan fingerprint density at radius 2 is 2.12 bits per heavy atom. The summed E-state index contributed by atoms with van der Waals surface area (Å²) in [6.07, 6.45) is 2.56. The van der Waals surface area contributed by atoms with E-state index in [2.05, 4.69) is 20.5 Å². The second kappa shape index (κ2) is 7.08. The predicted octanol–water partition coefficient (Wildman–Crippen LogP) is 1.18. The van der Waals surface area contributed by atoms with Gasteiger partial charge in [-0.15, -0.1) is 0 Å². The molecule has 10 heteroatoms. The molecule has 26 heavy (non-hydrogen) atoms. The molecule has 2 N–H and O–H groups in total. The average molecular weight is 377 g/mol. The first kappa shape index (κ1) is 17.8. The molecule has 136 valence electrons. The number of pyridine rings is 1. The van der Waals surface area contributed by atoms with Gasteiger partial charge in [0.1, 0.15) is 12.4 Å². The summed E-state index contributed by atoms with van der Waals surface area (Å²) < 4.78 is 38.2. The van der Waals surface area contributed by atoms with Gasteiger partial charge < -0.3 is 5.32 Å². The fourth-order valence-electron chi connectivity index (χ4n) is 2.44. The number of amides is 1. The van der Waals surface area contributed by atoms with Crippen molar-refractivity contribution in [1.82, 2.24) is 20.5 Å². The summed E-state index contributed by atoms with van der Waals surface area (Å²) in [6, 6.07) is 8.61. The highest BCUT2D eigenvalue weighted by atomic mass is 32.2. The fourth-order valence-corrected chi connectivity index (χ4v) is 3.29. The number of fused-ring (bicyclic) bond motifs is 1. The number of hydrogen-bond acceptors (Lipinski definition) is 5. The van der Waals surface area contributed by atoms with Crippen LogP contribution in [0.1, 0.15) is 5.69 Å². The van der Waals surface area contributed by atoms with Gasteiger partial charge in [0.15, 0.2) is 5.65 Å². The number of nitrogens with zero attached hydrogens (tertiary/aromatic N) is 3. The quantitative estimate of drug-likeness (QED) is 0.671. The number of aromatic nitrogens is 3. The molecule has 0 saturated heterocycles. The molecule has 0 saturated carbocycles. The summed E-state index contributed by atoms with van der Waals surface area (Å²) in [5.41, 5.74) is 1.26. The third-order valence-corrected chi connectivity index (χ3v) is 4.80. The van der Waals surface area contributed by atoms with Crippen molar-refractivity contribution in [2.24, 2.45) is 0 Å². The van der Waals surface area contributed by atoms with Crippen molar-refractivity contribution in [2.75, 3.05) is 17.1 Å². The third kappa shape index (κ3) is 3.97. The Morgan fingerprint density at radius 3 is 2.85 bits per heavy atom. The molecule has 0 spiro atoms. The number of hydrogen-bond donors (Lipinski definition) is 2. The summed E-state index contributed by atoms with van der Waals surface area (Å²) in [5.74, 6) is -1.13. The fraction of sp³-hybridized carbons (Fsp3) is 0.188. The number of nitrogens with one attached hydrogen (secondary N) is 2. The first-order valence-corrected chi connectivity index (χ1v) is 9.47. The highest BCUT2D eigenvalue weighted by Gasteiger charge is 2.21. The smallest absolute Gasteiger partial charge is 0.241 e. The summed E-state index contributed by atoms with van der Waals surface area (Å²) in [5, 5.41) is 10.2. The van der Waals surface area contributed by atoms with Crippen LogP contribution in [0, 0.1) is 5.82 Å². The second-order valence-corrected chi connectivity index (χ2v) is 7.51. The minimum absolute atomic E-state index is 0.0823. The molecule has 1 aromatic carbocycles. The zero-order valence-corrected chi connectivity index (χ0v) is 14.6. The maximum Gasteiger partial charge on any atom is 0.241 e. The van der Waals surface area contributed by atoms with Crippen LogP contribution >= 0.6 is 0 Å². The summed E-state index contributed by atoms with van der Waals surface area (Å²) in [7, 11) is -3.76. The normalized spacial score (nSPS) is 11.5. The third-order valence-electron chi connectivity index (χ3n) is 3.65. The van der Waals surface area contributed by atoms with Gasteiger partial charge in [-0.2, -0.15) is 5.10 Å². The molecule has 0 unspecified atom stereocenters. The number of rotatable bonds is 6. The van der Waals surface area contributed by atoms with Crippen molar-refractivity contribution in [1.29, 1.82) is 0 Å². The van der Waals surface area contributed by atoms with Gasteiger partial charge in [-0.25, -0.2) is 17.8 Å². The van der Waals surface area contributed by atoms with E-state index in [0.29, 0.717) is 11.3 Å². The van der Waals surface area contributed by atoms with Gasteiger partial charge in [-0.3, -0.25) is 14.2 Å². The first-order valence-electron chi connectivity index (χ1n) is 7.62. The van der Waals surface area contributed by atoms with E-state index in [4.69, 9.17) is 0 Å². The van der Waals surface area contributed by atoms with Crippen molar-refractivity contribution in [3.8, 4) is 0 Å². The average Bonchev–Trinajstić information content (AvgIpc) is 3.00. The lowest BCUT2D eigenvalue weighted by molar-refractivity contribution is -0.119. The molecule has 8 nitrogen and oxygen atoms in total. The topological polar surface area (TPSA) is 108 Å². The highest BCUT2D eigenvalue weighted by Crippen LogP contribution is 2.18. The van der Waals surface area contributed by atoms with Crippen LogP contribution in [-0.2, 0) is 21.4 Å². The Bertz CT molecular complexity index is 1050. The molecule has 0 bridgehead atoms. The molecule has 2 aromatic heterocycles. The molecule has 0 aliphatic rings. The SMILES string of the molecule is CS(=O)(=O)N(CC(=O)NCc1[nH]nc2ncccc12)c1cccc(F)c1. The van der Waals surface area contributed by atoms with Crippen molar-refractivity contribution >= 4 is 32.7 Å². The Labute approximate surface area is 149 Å². The minimum Gasteiger partial charge on any atom is -0.349 e. The van der Waals surface area contributed by atoms with Crippen LogP contribution in [0.2, 0.25) is 0 Å².